The van der Waals surface area contributed by atoms with Crippen LogP contribution in [-0.2, 0) is 5.54 Å². The predicted octanol–water partition coefficient (Wildman–Crippen LogP) is 1.55. The first kappa shape index (κ1) is 8.41. The average molecular weight is 193 g/mol. The summed E-state index contributed by atoms with van der Waals surface area (Å²) in [7, 11) is 1.96. The van der Waals surface area contributed by atoms with Gasteiger partial charge in [-0.05, 0) is 32.7 Å². The van der Waals surface area contributed by atoms with Gasteiger partial charge in [0, 0.05) is 5.92 Å². The Morgan fingerprint density at radius 2 is 2.21 bits per heavy atom. The third-order valence-corrected chi connectivity index (χ3v) is 3.55. The van der Waals surface area contributed by atoms with Crippen molar-refractivity contribution < 1.29 is 4.52 Å². The third kappa shape index (κ3) is 1.10. The van der Waals surface area contributed by atoms with E-state index in [9.17, 15) is 0 Å². The molecule has 0 radical (unpaired) electrons. The Bertz CT molecular complexity index is 339. The van der Waals surface area contributed by atoms with Crippen LogP contribution in [0.3, 0.4) is 0 Å². The van der Waals surface area contributed by atoms with Crippen molar-refractivity contribution in [2.75, 3.05) is 7.05 Å². The lowest BCUT2D eigenvalue weighted by Gasteiger charge is -2.21. The lowest BCUT2D eigenvalue weighted by Crippen LogP contribution is -2.25. The molecular formula is C10H15N3O. The van der Waals surface area contributed by atoms with E-state index in [1.54, 1.807) is 0 Å². The van der Waals surface area contributed by atoms with Gasteiger partial charge in [0.1, 0.15) is 0 Å². The molecule has 1 aromatic heterocycles. The van der Waals surface area contributed by atoms with Gasteiger partial charge in [0.05, 0.1) is 5.54 Å². The minimum atomic E-state index is 0.0228. The van der Waals surface area contributed by atoms with Crippen LogP contribution in [0.15, 0.2) is 4.52 Å². The van der Waals surface area contributed by atoms with Crippen molar-refractivity contribution in [3.63, 3.8) is 0 Å². The summed E-state index contributed by atoms with van der Waals surface area (Å²) in [5, 5.41) is 7.33. The lowest BCUT2D eigenvalue weighted by atomic mass is 9.85. The van der Waals surface area contributed by atoms with Gasteiger partial charge in [-0.25, -0.2) is 0 Å². The molecule has 0 spiro atoms. The Balaban J connectivity index is 1.83. The summed E-state index contributed by atoms with van der Waals surface area (Å²) < 4.78 is 5.32. The fourth-order valence-electron chi connectivity index (χ4n) is 1.96. The van der Waals surface area contributed by atoms with Crippen LogP contribution in [0.25, 0.3) is 0 Å². The van der Waals surface area contributed by atoms with Gasteiger partial charge in [-0.3, -0.25) is 0 Å². The topological polar surface area (TPSA) is 51.0 Å². The molecule has 0 amide bonds. The first-order valence-electron chi connectivity index (χ1n) is 5.37. The standard InChI is InChI=1S/C10H15N3O/c1-11-10(5-6-10)9-12-8(13-14-9)7-3-2-4-7/h7,11H,2-6H2,1H3. The maximum atomic E-state index is 5.32. The summed E-state index contributed by atoms with van der Waals surface area (Å²) in [6.07, 6.45) is 6.01. The fourth-order valence-corrected chi connectivity index (χ4v) is 1.96. The van der Waals surface area contributed by atoms with Crippen LogP contribution < -0.4 is 5.32 Å². The molecular weight excluding hydrogens is 178 g/mol. The van der Waals surface area contributed by atoms with E-state index in [1.807, 2.05) is 7.05 Å². The van der Waals surface area contributed by atoms with Crippen molar-refractivity contribution in [3.8, 4) is 0 Å². The first-order valence-corrected chi connectivity index (χ1v) is 5.37. The van der Waals surface area contributed by atoms with E-state index in [1.165, 1.54) is 19.3 Å². The van der Waals surface area contributed by atoms with Crippen molar-refractivity contribution in [2.45, 2.75) is 43.6 Å². The van der Waals surface area contributed by atoms with Gasteiger partial charge >= 0.3 is 0 Å². The second kappa shape index (κ2) is 2.79. The average Bonchev–Trinajstić information content (AvgIpc) is 2.78. The van der Waals surface area contributed by atoms with Crippen molar-refractivity contribution in [2.24, 2.45) is 0 Å². The molecule has 0 unspecified atom stereocenters. The molecule has 2 saturated carbocycles. The molecule has 1 heterocycles. The normalized spacial score (nSPS) is 24.6. The molecule has 2 aliphatic carbocycles. The van der Waals surface area contributed by atoms with Crippen molar-refractivity contribution in [1.82, 2.24) is 15.5 Å². The molecule has 2 aliphatic rings. The zero-order valence-corrected chi connectivity index (χ0v) is 8.42. The summed E-state index contributed by atoms with van der Waals surface area (Å²) in [6.45, 7) is 0. The number of hydrogen-bond acceptors (Lipinski definition) is 4. The maximum absolute atomic E-state index is 5.32. The van der Waals surface area contributed by atoms with Gasteiger partial charge in [0.2, 0.25) is 5.89 Å². The van der Waals surface area contributed by atoms with Gasteiger partial charge in [-0.1, -0.05) is 11.6 Å². The van der Waals surface area contributed by atoms with E-state index in [0.717, 1.165) is 24.6 Å². The Morgan fingerprint density at radius 1 is 1.43 bits per heavy atom. The lowest BCUT2D eigenvalue weighted by molar-refractivity contribution is 0.316. The predicted molar refractivity (Wildman–Crippen MR) is 50.9 cm³/mol. The van der Waals surface area contributed by atoms with Crippen molar-refractivity contribution in [1.29, 1.82) is 0 Å². The van der Waals surface area contributed by atoms with Crippen LogP contribution in [-0.4, -0.2) is 17.2 Å². The van der Waals surface area contributed by atoms with Gasteiger partial charge in [-0.15, -0.1) is 0 Å². The fraction of sp³-hybridized carbons (Fsp3) is 0.800. The zero-order valence-electron chi connectivity index (χ0n) is 8.42. The Labute approximate surface area is 83.1 Å². The van der Waals surface area contributed by atoms with E-state index in [2.05, 4.69) is 15.5 Å². The minimum Gasteiger partial charge on any atom is -0.337 e. The SMILES string of the molecule is CNC1(c2nc(C3CCC3)no2)CC1. The van der Waals surface area contributed by atoms with E-state index in [4.69, 9.17) is 4.52 Å². The summed E-state index contributed by atoms with van der Waals surface area (Å²) >= 11 is 0. The largest absolute Gasteiger partial charge is 0.337 e. The Hall–Kier alpha value is -0.900. The van der Waals surface area contributed by atoms with Gasteiger partial charge in [-0.2, -0.15) is 4.98 Å². The highest BCUT2D eigenvalue weighted by atomic mass is 16.5. The molecule has 2 fully saturated rings. The van der Waals surface area contributed by atoms with Crippen LogP contribution in [0.5, 0.6) is 0 Å². The highest BCUT2D eigenvalue weighted by molar-refractivity contribution is 5.14. The number of hydrogen-bond donors (Lipinski definition) is 1. The number of aromatic nitrogens is 2. The zero-order chi connectivity index (χ0) is 9.60. The summed E-state index contributed by atoms with van der Waals surface area (Å²) in [5.41, 5.74) is 0.0228. The molecule has 0 saturated heterocycles. The van der Waals surface area contributed by atoms with Gasteiger partial charge < -0.3 is 9.84 Å². The molecule has 0 atom stereocenters. The number of nitrogens with zero attached hydrogens (tertiary/aromatic N) is 2. The molecule has 0 aromatic carbocycles. The third-order valence-electron chi connectivity index (χ3n) is 3.55. The van der Waals surface area contributed by atoms with E-state index in [0.29, 0.717) is 5.92 Å². The highest BCUT2D eigenvalue weighted by Gasteiger charge is 2.48. The molecule has 14 heavy (non-hydrogen) atoms. The molecule has 76 valence electrons. The van der Waals surface area contributed by atoms with Crippen molar-refractivity contribution >= 4 is 0 Å². The Kier molecular flexibility index (Phi) is 1.68. The van der Waals surface area contributed by atoms with E-state index >= 15 is 0 Å². The molecule has 0 aliphatic heterocycles. The van der Waals surface area contributed by atoms with Crippen LogP contribution in [0.4, 0.5) is 0 Å². The van der Waals surface area contributed by atoms with E-state index in [-0.39, 0.29) is 5.54 Å². The first-order chi connectivity index (χ1) is 6.84. The molecule has 1 aromatic rings. The van der Waals surface area contributed by atoms with Gasteiger partial charge in [0.15, 0.2) is 5.82 Å². The number of rotatable bonds is 3. The molecule has 4 nitrogen and oxygen atoms in total. The molecule has 1 N–H and O–H groups in total. The van der Waals surface area contributed by atoms with Crippen molar-refractivity contribution in [3.05, 3.63) is 11.7 Å². The molecule has 0 bridgehead atoms. The smallest absolute Gasteiger partial charge is 0.246 e. The molecule has 3 rings (SSSR count). The second-order valence-electron chi connectivity index (χ2n) is 4.42. The van der Waals surface area contributed by atoms with Crippen LogP contribution in [0.1, 0.15) is 49.7 Å². The van der Waals surface area contributed by atoms with Crippen LogP contribution >= 0.6 is 0 Å². The Morgan fingerprint density at radius 3 is 2.71 bits per heavy atom. The highest BCUT2D eigenvalue weighted by Crippen LogP contribution is 2.45. The van der Waals surface area contributed by atoms with Gasteiger partial charge in [0.25, 0.3) is 0 Å². The maximum Gasteiger partial charge on any atom is 0.246 e. The van der Waals surface area contributed by atoms with E-state index < -0.39 is 0 Å². The summed E-state index contributed by atoms with van der Waals surface area (Å²) in [4.78, 5) is 4.50. The quantitative estimate of drug-likeness (QED) is 0.791. The summed E-state index contributed by atoms with van der Waals surface area (Å²) in [6, 6.07) is 0. The summed E-state index contributed by atoms with van der Waals surface area (Å²) in [5.74, 6) is 2.29. The van der Waals surface area contributed by atoms with Crippen LogP contribution in [0.2, 0.25) is 0 Å². The van der Waals surface area contributed by atoms with Crippen LogP contribution in [0, 0.1) is 0 Å². The monoisotopic (exact) mass is 193 g/mol. The minimum absolute atomic E-state index is 0.0228. The molecule has 4 heteroatoms. The number of nitrogens with one attached hydrogen (secondary N) is 1. The second-order valence-corrected chi connectivity index (χ2v) is 4.42.